The minimum absolute atomic E-state index is 0.0867. The Labute approximate surface area is 119 Å². The third-order valence-electron chi connectivity index (χ3n) is 3.80. The molecule has 0 saturated carbocycles. The van der Waals surface area contributed by atoms with Crippen LogP contribution in [-0.4, -0.2) is 30.4 Å². The highest BCUT2D eigenvalue weighted by Crippen LogP contribution is 2.22. The molecule has 2 rings (SSSR count). The zero-order valence-corrected chi connectivity index (χ0v) is 12.1. The van der Waals surface area contributed by atoms with Crippen molar-refractivity contribution >= 4 is 17.5 Å². The van der Waals surface area contributed by atoms with Crippen LogP contribution in [0.15, 0.2) is 18.2 Å². The zero-order valence-electron chi connectivity index (χ0n) is 11.4. The third-order valence-corrected chi connectivity index (χ3v) is 4.21. The first-order valence-corrected chi connectivity index (χ1v) is 7.25. The van der Waals surface area contributed by atoms with Crippen molar-refractivity contribution in [3.63, 3.8) is 0 Å². The Bertz CT molecular complexity index is 459. The third kappa shape index (κ3) is 3.48. The number of rotatable bonds is 3. The number of hydrogen-bond donors (Lipinski definition) is 1. The standard InChI is InChI=1S/C15H21ClN2O/c1-11-4-5-13(9-14(11)16)15(19)18-8-2-3-12(10-18)6-7-17/h4-5,9,12H,2-3,6-8,10,17H2,1H3. The predicted octanol–water partition coefficient (Wildman–Crippen LogP) is 2.85. The van der Waals surface area contributed by atoms with E-state index in [0.717, 1.165) is 31.5 Å². The SMILES string of the molecule is Cc1ccc(C(=O)N2CCCC(CCN)C2)cc1Cl. The number of aryl methyl sites for hydroxylation is 1. The van der Waals surface area contributed by atoms with E-state index in [0.29, 0.717) is 23.0 Å². The Morgan fingerprint density at radius 2 is 2.32 bits per heavy atom. The van der Waals surface area contributed by atoms with Crippen LogP contribution in [0, 0.1) is 12.8 Å². The van der Waals surface area contributed by atoms with Gasteiger partial charge in [0.2, 0.25) is 0 Å². The van der Waals surface area contributed by atoms with Gasteiger partial charge in [0.15, 0.2) is 0 Å². The number of amides is 1. The highest BCUT2D eigenvalue weighted by Gasteiger charge is 2.24. The van der Waals surface area contributed by atoms with E-state index in [1.807, 2.05) is 24.0 Å². The Morgan fingerprint density at radius 1 is 1.53 bits per heavy atom. The van der Waals surface area contributed by atoms with E-state index in [2.05, 4.69) is 0 Å². The monoisotopic (exact) mass is 280 g/mol. The molecule has 1 aromatic carbocycles. The van der Waals surface area contributed by atoms with Crippen LogP contribution in [-0.2, 0) is 0 Å². The number of nitrogens with two attached hydrogens (primary N) is 1. The van der Waals surface area contributed by atoms with E-state index >= 15 is 0 Å². The fourth-order valence-corrected chi connectivity index (χ4v) is 2.81. The maximum absolute atomic E-state index is 12.4. The summed E-state index contributed by atoms with van der Waals surface area (Å²) >= 11 is 6.09. The molecule has 3 nitrogen and oxygen atoms in total. The van der Waals surface area contributed by atoms with Gasteiger partial charge in [-0.25, -0.2) is 0 Å². The quantitative estimate of drug-likeness (QED) is 0.925. The summed E-state index contributed by atoms with van der Waals surface area (Å²) in [5.74, 6) is 0.632. The molecule has 1 amide bonds. The van der Waals surface area contributed by atoms with Crippen molar-refractivity contribution in [2.24, 2.45) is 11.7 Å². The molecule has 2 N–H and O–H groups in total. The Hall–Kier alpha value is -1.06. The smallest absolute Gasteiger partial charge is 0.253 e. The summed E-state index contributed by atoms with van der Waals surface area (Å²) in [6.07, 6.45) is 3.24. The molecule has 19 heavy (non-hydrogen) atoms. The fourth-order valence-electron chi connectivity index (χ4n) is 2.63. The Balaban J connectivity index is 2.08. The van der Waals surface area contributed by atoms with E-state index in [4.69, 9.17) is 17.3 Å². The van der Waals surface area contributed by atoms with Gasteiger partial charge in [-0.05, 0) is 56.3 Å². The number of nitrogens with zero attached hydrogens (tertiary/aromatic N) is 1. The summed E-state index contributed by atoms with van der Waals surface area (Å²) in [6.45, 7) is 4.30. The van der Waals surface area contributed by atoms with Crippen molar-refractivity contribution in [3.8, 4) is 0 Å². The van der Waals surface area contributed by atoms with Crippen LogP contribution in [0.2, 0.25) is 5.02 Å². The minimum Gasteiger partial charge on any atom is -0.338 e. The van der Waals surface area contributed by atoms with Gasteiger partial charge in [0.05, 0.1) is 0 Å². The number of halogens is 1. The van der Waals surface area contributed by atoms with Gasteiger partial charge in [-0.3, -0.25) is 4.79 Å². The van der Waals surface area contributed by atoms with E-state index in [9.17, 15) is 4.79 Å². The summed E-state index contributed by atoms with van der Waals surface area (Å²) < 4.78 is 0. The average Bonchev–Trinajstić information content (AvgIpc) is 2.42. The van der Waals surface area contributed by atoms with E-state index in [-0.39, 0.29) is 5.91 Å². The molecular formula is C15H21ClN2O. The van der Waals surface area contributed by atoms with Crippen molar-refractivity contribution in [1.29, 1.82) is 0 Å². The summed E-state index contributed by atoms with van der Waals surface area (Å²) in [5, 5.41) is 0.654. The largest absolute Gasteiger partial charge is 0.338 e. The molecule has 0 radical (unpaired) electrons. The van der Waals surface area contributed by atoms with Crippen molar-refractivity contribution in [1.82, 2.24) is 4.90 Å². The summed E-state index contributed by atoms with van der Waals surface area (Å²) in [5.41, 5.74) is 7.29. The van der Waals surface area contributed by atoms with Crippen LogP contribution in [0.25, 0.3) is 0 Å². The van der Waals surface area contributed by atoms with Gasteiger partial charge >= 0.3 is 0 Å². The first-order valence-electron chi connectivity index (χ1n) is 6.87. The highest BCUT2D eigenvalue weighted by molar-refractivity contribution is 6.31. The lowest BCUT2D eigenvalue weighted by Gasteiger charge is -2.32. The van der Waals surface area contributed by atoms with E-state index in [1.54, 1.807) is 6.07 Å². The number of likely N-dealkylation sites (tertiary alicyclic amines) is 1. The van der Waals surface area contributed by atoms with Gasteiger partial charge in [-0.2, -0.15) is 0 Å². The predicted molar refractivity (Wildman–Crippen MR) is 78.5 cm³/mol. The second-order valence-corrected chi connectivity index (χ2v) is 5.71. The maximum Gasteiger partial charge on any atom is 0.253 e. The molecule has 1 aliphatic heterocycles. The van der Waals surface area contributed by atoms with Gasteiger partial charge in [0.25, 0.3) is 5.91 Å². The second-order valence-electron chi connectivity index (χ2n) is 5.30. The van der Waals surface area contributed by atoms with Gasteiger partial charge in [0.1, 0.15) is 0 Å². The number of carbonyl (C=O) groups excluding carboxylic acids is 1. The molecule has 0 aliphatic carbocycles. The van der Waals surface area contributed by atoms with Crippen molar-refractivity contribution in [2.75, 3.05) is 19.6 Å². The van der Waals surface area contributed by atoms with Gasteiger partial charge in [-0.15, -0.1) is 0 Å². The van der Waals surface area contributed by atoms with Crippen molar-refractivity contribution in [3.05, 3.63) is 34.3 Å². The van der Waals surface area contributed by atoms with Crippen molar-refractivity contribution < 1.29 is 4.79 Å². The summed E-state index contributed by atoms with van der Waals surface area (Å²) in [6, 6.07) is 5.53. The Kier molecular flexibility index (Phi) is 4.83. The topological polar surface area (TPSA) is 46.3 Å². The normalized spacial score (nSPS) is 19.5. The molecule has 0 bridgehead atoms. The van der Waals surface area contributed by atoms with Crippen LogP contribution < -0.4 is 5.73 Å². The van der Waals surface area contributed by atoms with Gasteiger partial charge < -0.3 is 10.6 Å². The lowest BCUT2D eigenvalue weighted by atomic mass is 9.94. The fraction of sp³-hybridized carbons (Fsp3) is 0.533. The molecule has 1 unspecified atom stereocenters. The second kappa shape index (κ2) is 6.40. The average molecular weight is 281 g/mol. The van der Waals surface area contributed by atoms with Crippen LogP contribution in [0.5, 0.6) is 0 Å². The Morgan fingerprint density at radius 3 is 3.00 bits per heavy atom. The lowest BCUT2D eigenvalue weighted by molar-refractivity contribution is 0.0669. The molecule has 4 heteroatoms. The number of piperidine rings is 1. The molecule has 1 heterocycles. The van der Waals surface area contributed by atoms with Gasteiger partial charge in [-0.1, -0.05) is 17.7 Å². The molecule has 0 spiro atoms. The van der Waals surface area contributed by atoms with Crippen LogP contribution >= 0.6 is 11.6 Å². The molecule has 1 fully saturated rings. The first kappa shape index (κ1) is 14.4. The number of hydrogen-bond acceptors (Lipinski definition) is 2. The zero-order chi connectivity index (χ0) is 13.8. The van der Waals surface area contributed by atoms with E-state index < -0.39 is 0 Å². The molecule has 1 saturated heterocycles. The molecule has 1 aromatic rings. The van der Waals surface area contributed by atoms with Crippen LogP contribution in [0.4, 0.5) is 0 Å². The van der Waals surface area contributed by atoms with Crippen molar-refractivity contribution in [2.45, 2.75) is 26.2 Å². The lowest BCUT2D eigenvalue weighted by Crippen LogP contribution is -2.40. The van der Waals surface area contributed by atoms with E-state index in [1.165, 1.54) is 6.42 Å². The molecule has 0 aromatic heterocycles. The molecular weight excluding hydrogens is 260 g/mol. The molecule has 104 valence electrons. The number of carbonyl (C=O) groups is 1. The molecule has 1 aliphatic rings. The number of benzene rings is 1. The summed E-state index contributed by atoms with van der Waals surface area (Å²) in [7, 11) is 0. The summed E-state index contributed by atoms with van der Waals surface area (Å²) in [4.78, 5) is 14.4. The first-order chi connectivity index (χ1) is 9.11. The van der Waals surface area contributed by atoms with Gasteiger partial charge in [0, 0.05) is 23.7 Å². The molecule has 1 atom stereocenters. The maximum atomic E-state index is 12.4. The van der Waals surface area contributed by atoms with Crippen LogP contribution in [0.1, 0.15) is 35.2 Å². The highest BCUT2D eigenvalue weighted by atomic mass is 35.5. The minimum atomic E-state index is 0.0867. The van der Waals surface area contributed by atoms with Crippen LogP contribution in [0.3, 0.4) is 0 Å².